The first-order valence-electron chi connectivity index (χ1n) is 3.09. The van der Waals surface area contributed by atoms with Crippen molar-refractivity contribution in [2.75, 3.05) is 6.54 Å². The molecule has 0 fully saturated rings. The summed E-state index contributed by atoms with van der Waals surface area (Å²) >= 11 is 1.62. The van der Waals surface area contributed by atoms with Gasteiger partial charge in [0, 0.05) is 18.1 Å². The zero-order chi connectivity index (χ0) is 7.40. The first-order valence-corrected chi connectivity index (χ1v) is 3.97. The van der Waals surface area contributed by atoms with E-state index in [1.165, 1.54) is 0 Å². The first-order chi connectivity index (χ1) is 4.83. The van der Waals surface area contributed by atoms with Crippen LogP contribution >= 0.6 is 11.3 Å². The highest BCUT2D eigenvalue weighted by molar-refractivity contribution is 7.10. The highest BCUT2D eigenvalue weighted by Gasteiger charge is 1.89. The van der Waals surface area contributed by atoms with Crippen LogP contribution in [0.3, 0.4) is 0 Å². The van der Waals surface area contributed by atoms with Crippen molar-refractivity contribution < 1.29 is 0 Å². The van der Waals surface area contributed by atoms with Gasteiger partial charge < -0.3 is 5.73 Å². The van der Waals surface area contributed by atoms with Gasteiger partial charge in [0.2, 0.25) is 0 Å². The SMILES string of the molecule is C/C(=C/c1nccs1)CN. The van der Waals surface area contributed by atoms with Gasteiger partial charge in [0.25, 0.3) is 0 Å². The predicted octanol–water partition coefficient (Wildman–Crippen LogP) is 1.51. The average molecular weight is 154 g/mol. The lowest BCUT2D eigenvalue weighted by atomic mass is 10.3. The van der Waals surface area contributed by atoms with Crippen molar-refractivity contribution >= 4 is 17.4 Å². The van der Waals surface area contributed by atoms with E-state index in [0.717, 1.165) is 10.6 Å². The van der Waals surface area contributed by atoms with Crippen molar-refractivity contribution in [1.82, 2.24) is 4.98 Å². The molecule has 0 bridgehead atoms. The molecule has 0 unspecified atom stereocenters. The van der Waals surface area contributed by atoms with E-state index >= 15 is 0 Å². The van der Waals surface area contributed by atoms with Gasteiger partial charge in [-0.05, 0) is 13.0 Å². The third-order valence-corrected chi connectivity index (χ3v) is 1.87. The maximum Gasteiger partial charge on any atom is 0.115 e. The molecule has 0 spiro atoms. The zero-order valence-electron chi connectivity index (χ0n) is 5.87. The molecule has 0 aliphatic heterocycles. The summed E-state index contributed by atoms with van der Waals surface area (Å²) < 4.78 is 0. The van der Waals surface area contributed by atoms with Gasteiger partial charge >= 0.3 is 0 Å². The van der Waals surface area contributed by atoms with Gasteiger partial charge in [-0.2, -0.15) is 0 Å². The Hall–Kier alpha value is -0.670. The second-order valence-corrected chi connectivity index (χ2v) is 2.99. The van der Waals surface area contributed by atoms with E-state index in [1.807, 2.05) is 18.4 Å². The van der Waals surface area contributed by atoms with Gasteiger partial charge in [-0.25, -0.2) is 4.98 Å². The molecular formula is C7H10N2S. The third-order valence-electron chi connectivity index (χ3n) is 1.14. The van der Waals surface area contributed by atoms with Crippen LogP contribution in [0.2, 0.25) is 0 Å². The van der Waals surface area contributed by atoms with Crippen LogP contribution < -0.4 is 5.73 Å². The number of nitrogens with two attached hydrogens (primary N) is 1. The lowest BCUT2D eigenvalue weighted by Gasteiger charge is -1.90. The maximum atomic E-state index is 5.40. The number of aromatic nitrogens is 1. The van der Waals surface area contributed by atoms with Crippen LogP contribution in [-0.4, -0.2) is 11.5 Å². The van der Waals surface area contributed by atoms with Gasteiger partial charge in [-0.3, -0.25) is 0 Å². The molecule has 0 radical (unpaired) electrons. The Balaban J connectivity index is 2.71. The molecule has 0 aliphatic rings. The van der Waals surface area contributed by atoms with E-state index < -0.39 is 0 Å². The Morgan fingerprint density at radius 1 is 1.90 bits per heavy atom. The van der Waals surface area contributed by atoms with E-state index in [9.17, 15) is 0 Å². The lowest BCUT2D eigenvalue weighted by molar-refractivity contribution is 1.15. The van der Waals surface area contributed by atoms with Gasteiger partial charge in [0.1, 0.15) is 5.01 Å². The minimum Gasteiger partial charge on any atom is -0.327 e. The van der Waals surface area contributed by atoms with Gasteiger partial charge in [0.15, 0.2) is 0 Å². The number of hydrogen-bond acceptors (Lipinski definition) is 3. The van der Waals surface area contributed by atoms with Crippen molar-refractivity contribution in [1.29, 1.82) is 0 Å². The zero-order valence-corrected chi connectivity index (χ0v) is 6.69. The van der Waals surface area contributed by atoms with Gasteiger partial charge in [-0.15, -0.1) is 11.3 Å². The van der Waals surface area contributed by atoms with Crippen molar-refractivity contribution in [2.45, 2.75) is 6.92 Å². The summed E-state index contributed by atoms with van der Waals surface area (Å²) in [7, 11) is 0. The average Bonchev–Trinajstić information content (AvgIpc) is 2.40. The summed E-state index contributed by atoms with van der Waals surface area (Å²) in [5.41, 5.74) is 6.56. The quantitative estimate of drug-likeness (QED) is 0.701. The fourth-order valence-corrected chi connectivity index (χ4v) is 1.23. The molecular weight excluding hydrogens is 144 g/mol. The van der Waals surface area contributed by atoms with Crippen molar-refractivity contribution in [3.05, 3.63) is 22.2 Å². The summed E-state index contributed by atoms with van der Waals surface area (Å²) in [6.45, 7) is 2.61. The summed E-state index contributed by atoms with van der Waals surface area (Å²) in [5, 5.41) is 2.98. The highest BCUT2D eigenvalue weighted by Crippen LogP contribution is 2.08. The van der Waals surface area contributed by atoms with Crippen LogP contribution in [0.15, 0.2) is 17.2 Å². The second-order valence-electron chi connectivity index (χ2n) is 2.07. The standard InChI is InChI=1S/C7H10N2S/c1-6(5-8)4-7-9-2-3-10-7/h2-4H,5,8H2,1H3/b6-4-. The molecule has 1 heterocycles. The molecule has 0 aliphatic carbocycles. The van der Waals surface area contributed by atoms with E-state index in [2.05, 4.69) is 4.98 Å². The molecule has 10 heavy (non-hydrogen) atoms. The Kier molecular flexibility index (Phi) is 2.59. The Morgan fingerprint density at radius 3 is 3.20 bits per heavy atom. The molecule has 0 atom stereocenters. The Labute approximate surface area is 64.4 Å². The van der Waals surface area contributed by atoms with Crippen LogP contribution in [0.4, 0.5) is 0 Å². The molecule has 2 N–H and O–H groups in total. The van der Waals surface area contributed by atoms with Crippen LogP contribution in [0.5, 0.6) is 0 Å². The van der Waals surface area contributed by atoms with Crippen LogP contribution in [-0.2, 0) is 0 Å². The molecule has 3 heteroatoms. The molecule has 0 saturated carbocycles. The van der Waals surface area contributed by atoms with E-state index in [-0.39, 0.29) is 0 Å². The Bertz CT molecular complexity index is 214. The van der Waals surface area contributed by atoms with Gasteiger partial charge in [0.05, 0.1) is 0 Å². The lowest BCUT2D eigenvalue weighted by Crippen LogP contribution is -1.98. The molecule has 1 aromatic heterocycles. The molecule has 0 saturated heterocycles. The van der Waals surface area contributed by atoms with Crippen LogP contribution in [0.1, 0.15) is 11.9 Å². The van der Waals surface area contributed by atoms with Crippen LogP contribution in [0.25, 0.3) is 6.08 Å². The summed E-state index contributed by atoms with van der Waals surface area (Å²) in [4.78, 5) is 4.09. The number of thiazole rings is 1. The minimum atomic E-state index is 0.611. The largest absolute Gasteiger partial charge is 0.327 e. The monoisotopic (exact) mass is 154 g/mol. The normalized spacial score (nSPS) is 12.0. The number of nitrogens with zero attached hydrogens (tertiary/aromatic N) is 1. The molecule has 0 aromatic carbocycles. The first kappa shape index (κ1) is 7.44. The summed E-state index contributed by atoms with van der Waals surface area (Å²) in [6.07, 6.45) is 3.80. The topological polar surface area (TPSA) is 38.9 Å². The molecule has 0 amide bonds. The summed E-state index contributed by atoms with van der Waals surface area (Å²) in [6, 6.07) is 0. The number of rotatable bonds is 2. The Morgan fingerprint density at radius 2 is 2.70 bits per heavy atom. The van der Waals surface area contributed by atoms with Crippen molar-refractivity contribution in [3.8, 4) is 0 Å². The third kappa shape index (κ3) is 1.93. The highest BCUT2D eigenvalue weighted by atomic mass is 32.1. The fourth-order valence-electron chi connectivity index (χ4n) is 0.575. The number of hydrogen-bond donors (Lipinski definition) is 1. The fraction of sp³-hybridized carbons (Fsp3) is 0.286. The predicted molar refractivity (Wildman–Crippen MR) is 44.8 cm³/mol. The molecule has 54 valence electrons. The molecule has 1 aromatic rings. The summed E-state index contributed by atoms with van der Waals surface area (Å²) in [5.74, 6) is 0. The van der Waals surface area contributed by atoms with Gasteiger partial charge in [-0.1, -0.05) is 5.57 Å². The maximum absolute atomic E-state index is 5.40. The molecule has 2 nitrogen and oxygen atoms in total. The van der Waals surface area contributed by atoms with Crippen molar-refractivity contribution in [3.63, 3.8) is 0 Å². The van der Waals surface area contributed by atoms with Crippen LogP contribution in [0, 0.1) is 0 Å². The van der Waals surface area contributed by atoms with E-state index in [0.29, 0.717) is 6.54 Å². The smallest absolute Gasteiger partial charge is 0.115 e. The second kappa shape index (κ2) is 3.49. The van der Waals surface area contributed by atoms with Crippen molar-refractivity contribution in [2.24, 2.45) is 5.73 Å². The minimum absolute atomic E-state index is 0.611. The molecule has 1 rings (SSSR count). The van der Waals surface area contributed by atoms with E-state index in [4.69, 9.17) is 5.73 Å². The van der Waals surface area contributed by atoms with E-state index in [1.54, 1.807) is 17.5 Å².